The van der Waals surface area contributed by atoms with E-state index in [1.165, 1.54) is 0 Å². The zero-order valence-corrected chi connectivity index (χ0v) is 7.46. The third kappa shape index (κ3) is 4.35. The first-order valence-corrected chi connectivity index (χ1v) is 4.23. The molecular weight excluding hydrogens is 140 g/mol. The topological polar surface area (TPSA) is 72.3 Å². The number of hydrogen-bond acceptors (Lipinski definition) is 3. The second-order valence-electron chi connectivity index (χ2n) is 3.33. The van der Waals surface area contributed by atoms with Crippen LogP contribution in [-0.4, -0.2) is 23.8 Å². The normalized spacial score (nSPS) is 16.9. The minimum Gasteiger partial charge on any atom is -0.391 e. The van der Waals surface area contributed by atoms with E-state index in [1.54, 1.807) is 0 Å². The molecule has 0 aliphatic rings. The van der Waals surface area contributed by atoms with Crippen LogP contribution in [0.25, 0.3) is 0 Å². The zero-order chi connectivity index (χ0) is 8.85. The summed E-state index contributed by atoms with van der Waals surface area (Å²) in [5, 5.41) is 9.46. The van der Waals surface area contributed by atoms with E-state index in [0.29, 0.717) is 6.54 Å². The van der Waals surface area contributed by atoms with Crippen LogP contribution in [0.2, 0.25) is 0 Å². The summed E-state index contributed by atoms with van der Waals surface area (Å²) in [4.78, 5) is 0. The molecule has 0 rings (SSSR count). The third-order valence-corrected chi connectivity index (χ3v) is 1.86. The fourth-order valence-electron chi connectivity index (χ4n) is 1.02. The molecule has 11 heavy (non-hydrogen) atoms. The molecule has 2 atom stereocenters. The van der Waals surface area contributed by atoms with Crippen LogP contribution in [-0.2, 0) is 0 Å². The van der Waals surface area contributed by atoms with E-state index in [0.717, 1.165) is 12.8 Å². The molecule has 0 aromatic heterocycles. The Morgan fingerprint density at radius 1 is 1.36 bits per heavy atom. The molecule has 0 aromatic carbocycles. The minimum atomic E-state index is -0.387. The van der Waals surface area contributed by atoms with Crippen molar-refractivity contribution < 1.29 is 5.11 Å². The van der Waals surface area contributed by atoms with E-state index in [4.69, 9.17) is 11.5 Å². The number of nitrogens with two attached hydrogens (primary N) is 2. The Hall–Kier alpha value is -0.120. The second-order valence-corrected chi connectivity index (χ2v) is 3.33. The van der Waals surface area contributed by atoms with Crippen molar-refractivity contribution >= 4 is 0 Å². The van der Waals surface area contributed by atoms with Crippen LogP contribution in [0.5, 0.6) is 0 Å². The largest absolute Gasteiger partial charge is 0.391 e. The molecule has 0 saturated heterocycles. The Morgan fingerprint density at radius 2 is 1.91 bits per heavy atom. The molecule has 5 N–H and O–H groups in total. The Labute approximate surface area is 68.8 Å². The van der Waals surface area contributed by atoms with Gasteiger partial charge in [0.2, 0.25) is 0 Å². The van der Waals surface area contributed by atoms with E-state index in [-0.39, 0.29) is 18.1 Å². The van der Waals surface area contributed by atoms with Crippen molar-refractivity contribution in [2.24, 2.45) is 17.4 Å². The molecule has 0 aromatic rings. The molecule has 0 heterocycles. The van der Waals surface area contributed by atoms with Gasteiger partial charge in [0.1, 0.15) is 0 Å². The summed E-state index contributed by atoms with van der Waals surface area (Å²) in [6.45, 7) is 4.58. The van der Waals surface area contributed by atoms with Crippen LogP contribution in [0.15, 0.2) is 0 Å². The van der Waals surface area contributed by atoms with Crippen LogP contribution < -0.4 is 11.5 Å². The second kappa shape index (κ2) is 5.52. The molecule has 3 heteroatoms. The van der Waals surface area contributed by atoms with Crippen molar-refractivity contribution in [2.75, 3.05) is 6.54 Å². The smallest absolute Gasteiger partial charge is 0.0713 e. The van der Waals surface area contributed by atoms with Gasteiger partial charge in [0.05, 0.1) is 6.10 Å². The predicted molar refractivity (Wildman–Crippen MR) is 47.1 cm³/mol. The Morgan fingerprint density at radius 3 is 2.27 bits per heavy atom. The Kier molecular flexibility index (Phi) is 5.46. The number of aliphatic hydroxyl groups excluding tert-OH is 1. The summed E-state index contributed by atoms with van der Waals surface area (Å²) in [6, 6.07) is -0.112. The predicted octanol–water partition coefficient (Wildman–Crippen LogP) is 0.0695. The lowest BCUT2D eigenvalue weighted by atomic mass is 9.97. The fraction of sp³-hybridized carbons (Fsp3) is 1.00. The SMILES string of the molecule is CC(C)C(O)[C@H](N)CCCN. The van der Waals surface area contributed by atoms with E-state index < -0.39 is 0 Å². The van der Waals surface area contributed by atoms with Gasteiger partial charge in [-0.2, -0.15) is 0 Å². The maximum Gasteiger partial charge on any atom is 0.0713 e. The summed E-state index contributed by atoms with van der Waals surface area (Å²) in [6.07, 6.45) is 1.32. The van der Waals surface area contributed by atoms with Gasteiger partial charge in [-0.05, 0) is 25.3 Å². The van der Waals surface area contributed by atoms with Crippen LogP contribution in [0.1, 0.15) is 26.7 Å². The molecule has 0 bridgehead atoms. The highest BCUT2D eigenvalue weighted by Gasteiger charge is 2.16. The van der Waals surface area contributed by atoms with Crippen molar-refractivity contribution in [3.63, 3.8) is 0 Å². The first-order valence-electron chi connectivity index (χ1n) is 4.23. The van der Waals surface area contributed by atoms with Gasteiger partial charge in [-0.1, -0.05) is 13.8 Å². The van der Waals surface area contributed by atoms with E-state index in [1.807, 2.05) is 13.8 Å². The number of rotatable bonds is 5. The van der Waals surface area contributed by atoms with E-state index in [2.05, 4.69) is 0 Å². The average molecular weight is 160 g/mol. The molecule has 0 fully saturated rings. The van der Waals surface area contributed by atoms with Crippen molar-refractivity contribution in [3.8, 4) is 0 Å². The van der Waals surface area contributed by atoms with Crippen LogP contribution in [0, 0.1) is 5.92 Å². The fourth-order valence-corrected chi connectivity index (χ4v) is 1.02. The maximum atomic E-state index is 9.46. The standard InChI is InChI=1S/C8H20N2O/c1-6(2)8(11)7(10)4-3-5-9/h6-8,11H,3-5,9-10H2,1-2H3/t7-,8?/m1/s1. The summed E-state index contributed by atoms with van der Waals surface area (Å²) >= 11 is 0. The zero-order valence-electron chi connectivity index (χ0n) is 7.46. The highest BCUT2D eigenvalue weighted by atomic mass is 16.3. The third-order valence-electron chi connectivity index (χ3n) is 1.86. The summed E-state index contributed by atoms with van der Waals surface area (Å²) in [5.74, 6) is 0.239. The van der Waals surface area contributed by atoms with Gasteiger partial charge in [0.15, 0.2) is 0 Å². The van der Waals surface area contributed by atoms with Gasteiger partial charge in [-0.15, -0.1) is 0 Å². The van der Waals surface area contributed by atoms with Crippen molar-refractivity contribution in [1.29, 1.82) is 0 Å². The van der Waals surface area contributed by atoms with Crippen LogP contribution >= 0.6 is 0 Å². The molecule has 0 aliphatic carbocycles. The molecule has 0 saturated carbocycles. The summed E-state index contributed by atoms with van der Waals surface area (Å²) < 4.78 is 0. The molecular formula is C8H20N2O. The van der Waals surface area contributed by atoms with Gasteiger partial charge < -0.3 is 16.6 Å². The lowest BCUT2D eigenvalue weighted by molar-refractivity contribution is 0.0942. The number of hydrogen-bond donors (Lipinski definition) is 3. The molecule has 1 unspecified atom stereocenters. The lowest BCUT2D eigenvalue weighted by Crippen LogP contribution is -2.38. The molecule has 3 nitrogen and oxygen atoms in total. The molecule has 68 valence electrons. The quantitative estimate of drug-likeness (QED) is 0.533. The van der Waals surface area contributed by atoms with Gasteiger partial charge in [0.25, 0.3) is 0 Å². The summed E-state index contributed by atoms with van der Waals surface area (Å²) in [7, 11) is 0. The Balaban J connectivity index is 3.55. The molecule has 0 spiro atoms. The van der Waals surface area contributed by atoms with Gasteiger partial charge in [-0.25, -0.2) is 0 Å². The highest BCUT2D eigenvalue weighted by molar-refractivity contribution is 4.74. The van der Waals surface area contributed by atoms with Crippen molar-refractivity contribution in [2.45, 2.75) is 38.8 Å². The maximum absolute atomic E-state index is 9.46. The van der Waals surface area contributed by atoms with Crippen LogP contribution in [0.4, 0.5) is 0 Å². The lowest BCUT2D eigenvalue weighted by Gasteiger charge is -2.21. The molecule has 0 amide bonds. The molecule has 0 aliphatic heterocycles. The van der Waals surface area contributed by atoms with Gasteiger partial charge in [-0.3, -0.25) is 0 Å². The number of aliphatic hydroxyl groups is 1. The van der Waals surface area contributed by atoms with Crippen molar-refractivity contribution in [1.82, 2.24) is 0 Å². The van der Waals surface area contributed by atoms with Crippen LogP contribution in [0.3, 0.4) is 0 Å². The first-order chi connectivity index (χ1) is 5.09. The summed E-state index contributed by atoms with van der Waals surface area (Å²) in [5.41, 5.74) is 11.0. The van der Waals surface area contributed by atoms with E-state index in [9.17, 15) is 5.11 Å². The monoisotopic (exact) mass is 160 g/mol. The average Bonchev–Trinajstić information content (AvgIpc) is 1.98. The van der Waals surface area contributed by atoms with Gasteiger partial charge >= 0.3 is 0 Å². The van der Waals surface area contributed by atoms with Gasteiger partial charge in [0, 0.05) is 6.04 Å². The van der Waals surface area contributed by atoms with E-state index >= 15 is 0 Å². The Bertz CT molecular complexity index is 96.1. The van der Waals surface area contributed by atoms with Crippen molar-refractivity contribution in [3.05, 3.63) is 0 Å². The highest BCUT2D eigenvalue weighted by Crippen LogP contribution is 2.08. The minimum absolute atomic E-state index is 0.112. The first kappa shape index (κ1) is 10.9. The molecule has 0 radical (unpaired) electrons.